The predicted octanol–water partition coefficient (Wildman–Crippen LogP) is 4.24. The average molecular weight is 315 g/mol. The molecule has 3 heteroatoms. The van der Waals surface area contributed by atoms with E-state index in [9.17, 15) is 4.39 Å². The third-order valence-electron chi connectivity index (χ3n) is 3.19. The zero-order chi connectivity index (χ0) is 14.7. The van der Waals surface area contributed by atoms with Gasteiger partial charge in [-0.05, 0) is 36.0 Å². The summed E-state index contributed by atoms with van der Waals surface area (Å²) in [7, 11) is -0.726. The Hall–Kier alpha value is -1.69. The van der Waals surface area contributed by atoms with Gasteiger partial charge in [-0.2, -0.15) is 0 Å². The van der Waals surface area contributed by atoms with E-state index in [1.807, 2.05) is 42.5 Å². The van der Waals surface area contributed by atoms with Crippen molar-refractivity contribution >= 4 is 35.4 Å². The molecule has 0 aliphatic carbocycles. The van der Waals surface area contributed by atoms with Crippen LogP contribution in [0.5, 0.6) is 0 Å². The number of benzene rings is 3. The Morgan fingerprint density at radius 3 is 1.67 bits per heavy atom. The van der Waals surface area contributed by atoms with Gasteiger partial charge in [0.05, 0.1) is 5.02 Å². The van der Waals surface area contributed by atoms with Crippen LogP contribution in [0.2, 0.25) is 5.02 Å². The van der Waals surface area contributed by atoms with Gasteiger partial charge < -0.3 is 0 Å². The highest BCUT2D eigenvalue weighted by atomic mass is 35.5. The minimum Gasteiger partial charge on any atom is -0.205 e. The van der Waals surface area contributed by atoms with Gasteiger partial charge in [-0.1, -0.05) is 78.3 Å². The molecule has 3 aromatic carbocycles. The summed E-state index contributed by atoms with van der Waals surface area (Å²) in [5.74, 6) is -0.378. The lowest BCUT2D eigenvalue weighted by atomic mass is 10.3. The summed E-state index contributed by atoms with van der Waals surface area (Å²) >= 11 is 5.97. The maximum atomic E-state index is 13.4. The van der Waals surface area contributed by atoms with Crippen molar-refractivity contribution < 1.29 is 4.39 Å². The van der Waals surface area contributed by atoms with Crippen molar-refractivity contribution in [3.8, 4) is 0 Å². The molecule has 0 unspecified atom stereocenters. The number of hydrogen-bond acceptors (Lipinski definition) is 0. The van der Waals surface area contributed by atoms with Crippen molar-refractivity contribution in [2.45, 2.75) is 0 Å². The summed E-state index contributed by atoms with van der Waals surface area (Å²) in [6.45, 7) is 0. The van der Waals surface area contributed by atoms with Crippen LogP contribution in [0.4, 0.5) is 4.39 Å². The summed E-state index contributed by atoms with van der Waals surface area (Å²) in [5.41, 5.74) is 0. The molecule has 0 saturated carbocycles. The molecule has 0 bridgehead atoms. The van der Waals surface area contributed by atoms with Crippen molar-refractivity contribution in [1.29, 1.82) is 0 Å². The van der Waals surface area contributed by atoms with Gasteiger partial charge in [0.15, 0.2) is 0 Å². The van der Waals surface area contributed by atoms with Crippen LogP contribution in [-0.2, 0) is 0 Å². The smallest absolute Gasteiger partial charge is 0.141 e. The molecular formula is C18H13ClFP. The topological polar surface area (TPSA) is 0 Å². The minimum atomic E-state index is -0.726. The quantitative estimate of drug-likeness (QED) is 0.634. The Bertz CT molecular complexity index is 689. The van der Waals surface area contributed by atoms with E-state index in [4.69, 9.17) is 11.6 Å². The van der Waals surface area contributed by atoms with E-state index >= 15 is 0 Å². The van der Waals surface area contributed by atoms with Crippen LogP contribution in [0.3, 0.4) is 0 Å². The van der Waals surface area contributed by atoms with Gasteiger partial charge >= 0.3 is 0 Å². The molecule has 3 aromatic rings. The average Bonchev–Trinajstić information content (AvgIpc) is 2.53. The predicted molar refractivity (Wildman–Crippen MR) is 90.1 cm³/mol. The SMILES string of the molecule is Fc1ccc(P(c2ccccc2)c2ccccc2)cc1Cl. The highest BCUT2D eigenvalue weighted by Crippen LogP contribution is 2.33. The largest absolute Gasteiger partial charge is 0.205 e. The van der Waals surface area contributed by atoms with Crippen LogP contribution in [0.25, 0.3) is 0 Å². The number of hydrogen-bond donors (Lipinski definition) is 0. The highest BCUT2D eigenvalue weighted by Gasteiger charge is 2.17. The van der Waals surface area contributed by atoms with E-state index in [1.165, 1.54) is 16.7 Å². The molecule has 0 N–H and O–H groups in total. The van der Waals surface area contributed by atoms with Gasteiger partial charge in [-0.15, -0.1) is 0 Å². The molecule has 0 fully saturated rings. The van der Waals surface area contributed by atoms with Crippen molar-refractivity contribution in [1.82, 2.24) is 0 Å². The Morgan fingerprint density at radius 2 is 1.19 bits per heavy atom. The van der Waals surface area contributed by atoms with Gasteiger partial charge in [-0.3, -0.25) is 0 Å². The molecule has 0 heterocycles. The second-order valence-corrected chi connectivity index (χ2v) is 7.23. The molecule has 0 aliphatic heterocycles. The van der Waals surface area contributed by atoms with E-state index in [0.717, 1.165) is 5.30 Å². The molecule has 0 aliphatic rings. The van der Waals surface area contributed by atoms with Crippen molar-refractivity contribution in [3.63, 3.8) is 0 Å². The van der Waals surface area contributed by atoms with E-state index < -0.39 is 7.92 Å². The molecule has 0 nitrogen and oxygen atoms in total. The molecule has 104 valence electrons. The summed E-state index contributed by atoms with van der Waals surface area (Å²) in [6, 6.07) is 25.5. The van der Waals surface area contributed by atoms with E-state index in [2.05, 4.69) is 24.3 Å². The fourth-order valence-electron chi connectivity index (χ4n) is 2.23. The summed E-state index contributed by atoms with van der Waals surface area (Å²) < 4.78 is 13.4. The Kier molecular flexibility index (Phi) is 4.34. The Balaban J connectivity index is 2.14. The molecule has 0 amide bonds. The molecule has 3 rings (SSSR count). The maximum absolute atomic E-state index is 13.4. The summed E-state index contributed by atoms with van der Waals surface area (Å²) in [6.07, 6.45) is 0. The maximum Gasteiger partial charge on any atom is 0.141 e. The molecular weight excluding hydrogens is 302 g/mol. The van der Waals surface area contributed by atoms with Crippen molar-refractivity contribution in [2.75, 3.05) is 0 Å². The molecule has 0 spiro atoms. The van der Waals surface area contributed by atoms with E-state index in [1.54, 1.807) is 6.07 Å². The van der Waals surface area contributed by atoms with Gasteiger partial charge in [0.25, 0.3) is 0 Å². The standard InChI is InChI=1S/C18H13ClFP/c19-17-13-16(11-12-18(17)20)21(14-7-3-1-4-8-14)15-9-5-2-6-10-15/h1-13H. The first-order valence-electron chi connectivity index (χ1n) is 6.61. The Labute approximate surface area is 130 Å². The van der Waals surface area contributed by atoms with Crippen molar-refractivity contribution in [3.05, 3.63) is 89.7 Å². The molecule has 0 saturated heterocycles. The number of rotatable bonds is 3. The summed E-state index contributed by atoms with van der Waals surface area (Å²) in [4.78, 5) is 0. The molecule has 0 atom stereocenters. The van der Waals surface area contributed by atoms with Crippen LogP contribution in [0.15, 0.2) is 78.9 Å². The van der Waals surface area contributed by atoms with Gasteiger partial charge in [0, 0.05) is 0 Å². The summed E-state index contributed by atoms with van der Waals surface area (Å²) in [5, 5.41) is 3.67. The van der Waals surface area contributed by atoms with Gasteiger partial charge in [-0.25, -0.2) is 4.39 Å². The fourth-order valence-corrected chi connectivity index (χ4v) is 4.80. The zero-order valence-corrected chi connectivity index (χ0v) is 12.9. The Morgan fingerprint density at radius 1 is 0.667 bits per heavy atom. The van der Waals surface area contributed by atoms with Crippen LogP contribution in [0.1, 0.15) is 0 Å². The fraction of sp³-hybridized carbons (Fsp3) is 0. The molecule has 21 heavy (non-hydrogen) atoms. The van der Waals surface area contributed by atoms with Crippen LogP contribution in [-0.4, -0.2) is 0 Å². The first-order chi connectivity index (χ1) is 10.3. The minimum absolute atomic E-state index is 0.173. The van der Waals surface area contributed by atoms with Gasteiger partial charge in [0.1, 0.15) is 5.82 Å². The normalized spacial score (nSPS) is 10.8. The zero-order valence-electron chi connectivity index (χ0n) is 11.2. The van der Waals surface area contributed by atoms with E-state index in [-0.39, 0.29) is 10.8 Å². The monoisotopic (exact) mass is 314 g/mol. The third-order valence-corrected chi connectivity index (χ3v) is 5.90. The van der Waals surface area contributed by atoms with E-state index in [0.29, 0.717) is 0 Å². The first-order valence-corrected chi connectivity index (χ1v) is 8.33. The van der Waals surface area contributed by atoms with Crippen LogP contribution >= 0.6 is 19.5 Å². The van der Waals surface area contributed by atoms with Crippen LogP contribution < -0.4 is 15.9 Å². The van der Waals surface area contributed by atoms with Crippen LogP contribution in [0, 0.1) is 5.82 Å². The second-order valence-electron chi connectivity index (χ2n) is 4.60. The lowest BCUT2D eigenvalue weighted by molar-refractivity contribution is 0.628. The third kappa shape index (κ3) is 3.15. The van der Waals surface area contributed by atoms with Gasteiger partial charge in [0.2, 0.25) is 0 Å². The lowest BCUT2D eigenvalue weighted by Crippen LogP contribution is -2.20. The first kappa shape index (κ1) is 14.3. The molecule has 0 aromatic heterocycles. The number of halogens is 2. The second kappa shape index (κ2) is 6.39. The van der Waals surface area contributed by atoms with Crippen molar-refractivity contribution in [2.24, 2.45) is 0 Å². The highest BCUT2D eigenvalue weighted by molar-refractivity contribution is 7.79. The molecule has 0 radical (unpaired) electrons. The lowest BCUT2D eigenvalue weighted by Gasteiger charge is -2.19.